The Kier molecular flexibility index (Phi) is 7.48. The van der Waals surface area contributed by atoms with Gasteiger partial charge in [-0.25, -0.2) is 0 Å². The van der Waals surface area contributed by atoms with Crippen molar-refractivity contribution in [2.75, 3.05) is 0 Å². The van der Waals surface area contributed by atoms with Gasteiger partial charge in [0.25, 0.3) is 0 Å². The molecule has 4 aromatic carbocycles. The zero-order chi connectivity index (χ0) is 28.2. The van der Waals surface area contributed by atoms with Gasteiger partial charge >= 0.3 is 244 Å². The molecule has 5 aromatic rings. The number of hydrogen-bond acceptors (Lipinski definition) is 0. The van der Waals surface area contributed by atoms with Crippen LogP contribution in [0.3, 0.4) is 0 Å². The van der Waals surface area contributed by atoms with E-state index in [4.69, 9.17) is 19.4 Å². The van der Waals surface area contributed by atoms with Gasteiger partial charge in [0.05, 0.1) is 0 Å². The molecule has 5 heteroatoms. The molecule has 0 aliphatic heterocycles. The third-order valence-electron chi connectivity index (χ3n) is 7.50. The Labute approximate surface area is 242 Å². The Balaban J connectivity index is 2.03. The average Bonchev–Trinajstić information content (AvgIpc) is 3.09. The second kappa shape index (κ2) is 10.4. The molecule has 204 valence electrons. The van der Waals surface area contributed by atoms with Crippen LogP contribution in [-0.2, 0) is 11.9 Å². The van der Waals surface area contributed by atoms with Crippen molar-refractivity contribution >= 4 is 34.8 Å². The first-order valence-electron chi connectivity index (χ1n) is 13.2. The third kappa shape index (κ3) is 5.06. The van der Waals surface area contributed by atoms with Gasteiger partial charge in [0.15, 0.2) is 0 Å². The maximum atomic E-state index is 7.65. The number of benzene rings is 4. The van der Waals surface area contributed by atoms with Crippen molar-refractivity contribution in [1.29, 1.82) is 0 Å². The fourth-order valence-electron chi connectivity index (χ4n) is 5.93. The molecule has 0 aliphatic carbocycles. The van der Waals surface area contributed by atoms with E-state index in [1.54, 1.807) is 0 Å². The van der Waals surface area contributed by atoms with Crippen LogP contribution in [0, 0.1) is 59.4 Å². The van der Waals surface area contributed by atoms with E-state index in [9.17, 15) is 0 Å². The quantitative estimate of drug-likeness (QED) is 0.173. The van der Waals surface area contributed by atoms with Crippen molar-refractivity contribution in [2.24, 2.45) is 0 Å². The number of imidazole rings is 1. The van der Waals surface area contributed by atoms with Crippen molar-refractivity contribution in [3.8, 4) is 11.4 Å². The molecular formula is C34H36Cl2N2Ru. The number of nitrogens with zero attached hydrogens (tertiary/aromatic N) is 2. The second-order valence-corrected chi connectivity index (χ2v) is 20.0. The summed E-state index contributed by atoms with van der Waals surface area (Å²) in [6.45, 7) is 17.4. The van der Waals surface area contributed by atoms with Gasteiger partial charge < -0.3 is 0 Å². The van der Waals surface area contributed by atoms with E-state index in [-0.39, 0.29) is 0 Å². The van der Waals surface area contributed by atoms with Crippen LogP contribution in [0.4, 0.5) is 0 Å². The summed E-state index contributed by atoms with van der Waals surface area (Å²) in [5, 5.41) is 2.39. The van der Waals surface area contributed by atoms with E-state index in [1.807, 2.05) is 0 Å². The van der Waals surface area contributed by atoms with Crippen molar-refractivity contribution < 1.29 is 11.9 Å². The molecule has 0 radical (unpaired) electrons. The summed E-state index contributed by atoms with van der Waals surface area (Å²) < 4.78 is 7.82. The van der Waals surface area contributed by atoms with Crippen molar-refractivity contribution in [1.82, 2.24) is 9.13 Å². The van der Waals surface area contributed by atoms with Crippen molar-refractivity contribution in [2.45, 2.75) is 55.4 Å². The molecule has 0 N–H and O–H groups in total. The van der Waals surface area contributed by atoms with E-state index in [0.29, 0.717) is 0 Å². The first-order chi connectivity index (χ1) is 18.4. The summed E-state index contributed by atoms with van der Waals surface area (Å²) in [5.41, 5.74) is 13.0. The molecule has 39 heavy (non-hydrogen) atoms. The molecule has 0 aliphatic rings. The van der Waals surface area contributed by atoms with E-state index >= 15 is 0 Å². The van der Waals surface area contributed by atoms with Gasteiger partial charge in [-0.2, -0.15) is 0 Å². The summed E-state index contributed by atoms with van der Waals surface area (Å²) in [6.07, 6.45) is 0. The SMILES string of the molecule is Cc1cc(C)c(-n2c(C)c(C)n(-c3c(C)cc(C)cc3C)[c]2=[Ru]([Cl])([Cl])=[CH]c2ccc3ccccc3c2)c(C)c1. The molecular weight excluding hydrogens is 608 g/mol. The minimum atomic E-state index is -3.67. The fourth-order valence-corrected chi connectivity index (χ4v) is 11.7. The van der Waals surface area contributed by atoms with Crippen LogP contribution >= 0.6 is 19.4 Å². The Bertz CT molecular complexity index is 1810. The maximum absolute atomic E-state index is 7.65. The van der Waals surface area contributed by atoms with Crippen molar-refractivity contribution in [3.05, 3.63) is 121 Å². The normalized spacial score (nSPS) is 12.3. The summed E-state index contributed by atoms with van der Waals surface area (Å²) in [7, 11) is 15.3. The standard InChI is InChI=1S/C23H28N2.C11H8.2ClH.Ru/c1-14-9-16(3)22(17(4)10-14)24-13-25(21(8)20(24)7)23-18(5)11-15(2)12-19(23)6;1-9-6-7-10-4-2-3-5-11(10)8-9;;;/h9-12H,1-8H3;1-8H;2*1H;/q;;;;+2/p-2. The molecule has 5 rings (SSSR count). The van der Waals surface area contributed by atoms with E-state index < -0.39 is 11.9 Å². The number of halogens is 2. The molecule has 0 spiro atoms. The van der Waals surface area contributed by atoms with E-state index in [2.05, 4.69) is 136 Å². The zero-order valence-corrected chi connectivity index (χ0v) is 27.2. The first-order valence-corrected chi connectivity index (χ1v) is 19.5. The number of aromatic nitrogens is 2. The molecule has 0 amide bonds. The number of fused-ring (bicyclic) bond motifs is 1. The number of aryl methyl sites for hydroxylation is 6. The zero-order valence-electron chi connectivity index (χ0n) is 23.9. The Hall–Kier alpha value is -2.58. The number of hydrogen-bond donors (Lipinski definition) is 0. The molecule has 1 aromatic heterocycles. The van der Waals surface area contributed by atoms with Gasteiger partial charge in [-0.3, -0.25) is 0 Å². The van der Waals surface area contributed by atoms with Crippen LogP contribution in [0.1, 0.15) is 50.3 Å². The van der Waals surface area contributed by atoms with Gasteiger partial charge in [0, 0.05) is 0 Å². The van der Waals surface area contributed by atoms with Crippen LogP contribution in [0.25, 0.3) is 22.1 Å². The summed E-state index contributed by atoms with van der Waals surface area (Å²) >= 11 is -3.67. The summed E-state index contributed by atoms with van der Waals surface area (Å²) in [6, 6.07) is 23.9. The monoisotopic (exact) mass is 644 g/mol. The van der Waals surface area contributed by atoms with Gasteiger partial charge in [0.1, 0.15) is 0 Å². The van der Waals surface area contributed by atoms with Crippen LogP contribution < -0.4 is 0 Å². The number of rotatable bonds is 3. The summed E-state index contributed by atoms with van der Waals surface area (Å²) in [5.74, 6) is 0. The molecule has 0 saturated heterocycles. The predicted octanol–water partition coefficient (Wildman–Crippen LogP) is 9.73. The molecule has 2 nitrogen and oxygen atoms in total. The molecule has 0 bridgehead atoms. The predicted molar refractivity (Wildman–Crippen MR) is 167 cm³/mol. The first kappa shape index (κ1) is 28.0. The molecule has 0 saturated carbocycles. The molecule has 0 atom stereocenters. The van der Waals surface area contributed by atoms with Gasteiger partial charge in [0.2, 0.25) is 0 Å². The Morgan fingerprint density at radius 2 is 1.00 bits per heavy atom. The fraction of sp³-hybridized carbons (Fsp3) is 0.235. The van der Waals surface area contributed by atoms with Crippen LogP contribution in [0.5, 0.6) is 0 Å². The average molecular weight is 645 g/mol. The minimum absolute atomic E-state index is 0.975. The second-order valence-electron chi connectivity index (χ2n) is 10.7. The Morgan fingerprint density at radius 1 is 0.564 bits per heavy atom. The molecule has 0 fully saturated rings. The molecule has 1 heterocycles. The van der Waals surface area contributed by atoms with E-state index in [1.165, 1.54) is 44.2 Å². The Morgan fingerprint density at radius 3 is 1.46 bits per heavy atom. The van der Waals surface area contributed by atoms with Gasteiger partial charge in [-0.15, -0.1) is 0 Å². The van der Waals surface area contributed by atoms with Gasteiger partial charge in [-0.05, 0) is 0 Å². The third-order valence-corrected chi connectivity index (χ3v) is 12.9. The van der Waals surface area contributed by atoms with Crippen molar-refractivity contribution in [3.63, 3.8) is 0 Å². The molecule has 0 unspecified atom stereocenters. The van der Waals surface area contributed by atoms with Gasteiger partial charge in [-0.1, -0.05) is 0 Å². The van der Waals surface area contributed by atoms with Crippen LogP contribution in [-0.4, -0.2) is 13.7 Å². The van der Waals surface area contributed by atoms with Crippen LogP contribution in [0.2, 0.25) is 0 Å². The van der Waals surface area contributed by atoms with Crippen LogP contribution in [0.15, 0.2) is 66.7 Å². The van der Waals surface area contributed by atoms with E-state index in [0.717, 1.165) is 32.3 Å². The topological polar surface area (TPSA) is 9.86 Å². The summed E-state index contributed by atoms with van der Waals surface area (Å²) in [4.78, 5) is 0.